The summed E-state index contributed by atoms with van der Waals surface area (Å²) in [6.07, 6.45) is 0. The van der Waals surface area contributed by atoms with E-state index < -0.39 is 0 Å². The van der Waals surface area contributed by atoms with Crippen molar-refractivity contribution in [2.24, 2.45) is 0 Å². The third-order valence-electron chi connectivity index (χ3n) is 0.744. The summed E-state index contributed by atoms with van der Waals surface area (Å²) >= 11 is 2.14. The van der Waals surface area contributed by atoms with Crippen molar-refractivity contribution in [1.82, 2.24) is 0 Å². The fourth-order valence-corrected chi connectivity index (χ4v) is 7.42. The Bertz CT molecular complexity index is 21.0. The van der Waals surface area contributed by atoms with Crippen LogP contribution in [0.15, 0.2) is 0 Å². The Labute approximate surface area is 51.4 Å². The van der Waals surface area contributed by atoms with Crippen LogP contribution in [0, 0.1) is 0 Å². The summed E-state index contributed by atoms with van der Waals surface area (Å²) in [5.41, 5.74) is 0. The molecule has 1 saturated heterocycles. The summed E-state index contributed by atoms with van der Waals surface area (Å²) in [7, 11) is 0. The van der Waals surface area contributed by atoms with Gasteiger partial charge in [-0.1, -0.05) is 0 Å². The standard InChI is InChI=1S/C4H8Se2/c1-2-6-4-3-5-1/h1-4H2. The Kier molecular flexibility index (Phi) is 2.67. The van der Waals surface area contributed by atoms with Gasteiger partial charge in [-0.2, -0.15) is 0 Å². The first-order valence-corrected chi connectivity index (χ1v) is 7.00. The average molecular weight is 214 g/mol. The summed E-state index contributed by atoms with van der Waals surface area (Å²) < 4.78 is 0. The third-order valence-corrected chi connectivity index (χ3v) is 7.50. The van der Waals surface area contributed by atoms with E-state index in [0.29, 0.717) is 0 Å². The molecular weight excluding hydrogens is 206 g/mol. The molecule has 0 N–H and O–H groups in total. The van der Waals surface area contributed by atoms with E-state index in [-0.39, 0.29) is 0 Å². The van der Waals surface area contributed by atoms with Crippen LogP contribution in [0.5, 0.6) is 0 Å². The quantitative estimate of drug-likeness (QED) is 0.529. The molecule has 0 saturated carbocycles. The molecule has 0 amide bonds. The van der Waals surface area contributed by atoms with E-state index in [2.05, 4.69) is 0 Å². The molecule has 0 aliphatic carbocycles. The summed E-state index contributed by atoms with van der Waals surface area (Å²) in [6.45, 7) is 0. The molecule has 0 aromatic rings. The van der Waals surface area contributed by atoms with Gasteiger partial charge in [0.05, 0.1) is 0 Å². The van der Waals surface area contributed by atoms with Crippen molar-refractivity contribution >= 4 is 29.9 Å². The van der Waals surface area contributed by atoms with Crippen LogP contribution in [0.25, 0.3) is 0 Å². The zero-order valence-corrected chi connectivity index (χ0v) is 7.07. The van der Waals surface area contributed by atoms with Crippen LogP contribution >= 0.6 is 0 Å². The predicted octanol–water partition coefficient (Wildman–Crippen LogP) is 1.08. The van der Waals surface area contributed by atoms with Gasteiger partial charge >= 0.3 is 51.2 Å². The first kappa shape index (κ1) is 5.18. The number of hydrogen-bond donors (Lipinski definition) is 0. The molecule has 0 bridgehead atoms. The second kappa shape index (κ2) is 3.09. The van der Waals surface area contributed by atoms with Gasteiger partial charge in [0.2, 0.25) is 0 Å². The zero-order chi connectivity index (χ0) is 4.24. The van der Waals surface area contributed by atoms with Crippen LogP contribution in [-0.2, 0) is 0 Å². The first-order valence-electron chi connectivity index (χ1n) is 2.15. The SMILES string of the molecule is C1C[Se]CC[Se]1. The van der Waals surface area contributed by atoms with Crippen LogP contribution in [0.2, 0.25) is 21.3 Å². The van der Waals surface area contributed by atoms with Gasteiger partial charge in [0, 0.05) is 0 Å². The Morgan fingerprint density at radius 2 is 1.00 bits per heavy atom. The van der Waals surface area contributed by atoms with Crippen molar-refractivity contribution in [2.75, 3.05) is 0 Å². The van der Waals surface area contributed by atoms with Crippen LogP contribution in [0.3, 0.4) is 0 Å². The second-order valence-electron chi connectivity index (χ2n) is 1.22. The van der Waals surface area contributed by atoms with Gasteiger partial charge in [-0.25, -0.2) is 0 Å². The van der Waals surface area contributed by atoms with Crippen LogP contribution in [0.4, 0.5) is 0 Å². The molecule has 1 aliphatic heterocycles. The predicted molar refractivity (Wildman–Crippen MR) is 30.7 cm³/mol. The topological polar surface area (TPSA) is 0 Å². The molecule has 0 radical (unpaired) electrons. The monoisotopic (exact) mass is 216 g/mol. The molecule has 1 fully saturated rings. The van der Waals surface area contributed by atoms with Crippen LogP contribution < -0.4 is 0 Å². The minimum atomic E-state index is 1.07. The van der Waals surface area contributed by atoms with Gasteiger partial charge in [-0.15, -0.1) is 0 Å². The Morgan fingerprint density at radius 3 is 1.17 bits per heavy atom. The molecule has 1 heterocycles. The van der Waals surface area contributed by atoms with E-state index in [1.165, 1.54) is 0 Å². The van der Waals surface area contributed by atoms with E-state index in [1.807, 2.05) is 0 Å². The summed E-state index contributed by atoms with van der Waals surface area (Å²) in [5, 5.41) is 6.36. The molecule has 0 aromatic carbocycles. The Morgan fingerprint density at radius 1 is 0.667 bits per heavy atom. The molecule has 0 atom stereocenters. The van der Waals surface area contributed by atoms with Gasteiger partial charge in [0.1, 0.15) is 0 Å². The fourth-order valence-electron chi connectivity index (χ4n) is 0.440. The molecule has 1 aliphatic rings. The summed E-state index contributed by atoms with van der Waals surface area (Å²) in [6, 6.07) is 0. The van der Waals surface area contributed by atoms with Crippen molar-refractivity contribution < 1.29 is 0 Å². The molecular formula is C4H8Se2. The van der Waals surface area contributed by atoms with Gasteiger partial charge in [-0.3, -0.25) is 0 Å². The van der Waals surface area contributed by atoms with Gasteiger partial charge < -0.3 is 0 Å². The molecule has 6 heavy (non-hydrogen) atoms. The van der Waals surface area contributed by atoms with Crippen molar-refractivity contribution in [2.45, 2.75) is 21.3 Å². The van der Waals surface area contributed by atoms with E-state index in [1.54, 1.807) is 21.3 Å². The van der Waals surface area contributed by atoms with Gasteiger partial charge in [0.15, 0.2) is 0 Å². The third kappa shape index (κ3) is 1.66. The van der Waals surface area contributed by atoms with Crippen molar-refractivity contribution in [3.63, 3.8) is 0 Å². The van der Waals surface area contributed by atoms with Crippen molar-refractivity contribution in [3.8, 4) is 0 Å². The Hall–Kier alpha value is 1.04. The maximum absolute atomic E-state index is 1.59. The average Bonchev–Trinajstić information content (AvgIpc) is 1.72. The molecule has 1 rings (SSSR count). The maximum atomic E-state index is 1.59. The molecule has 36 valence electrons. The van der Waals surface area contributed by atoms with Gasteiger partial charge in [0.25, 0.3) is 0 Å². The molecule has 0 spiro atoms. The number of rotatable bonds is 0. The Balaban J connectivity index is 2.00. The zero-order valence-electron chi connectivity index (χ0n) is 3.64. The molecule has 0 aromatic heterocycles. The molecule has 2 heteroatoms. The fraction of sp³-hybridized carbons (Fsp3) is 1.00. The summed E-state index contributed by atoms with van der Waals surface area (Å²) in [5.74, 6) is 0. The molecule has 0 unspecified atom stereocenters. The van der Waals surface area contributed by atoms with E-state index >= 15 is 0 Å². The minimum absolute atomic E-state index is 1.07. The van der Waals surface area contributed by atoms with Crippen LogP contribution in [0.1, 0.15) is 0 Å². The first-order chi connectivity index (χ1) is 3.00. The van der Waals surface area contributed by atoms with E-state index in [9.17, 15) is 0 Å². The molecule has 0 nitrogen and oxygen atoms in total. The van der Waals surface area contributed by atoms with E-state index in [4.69, 9.17) is 0 Å². The van der Waals surface area contributed by atoms with Gasteiger partial charge in [-0.05, 0) is 0 Å². The number of hydrogen-bond acceptors (Lipinski definition) is 0. The summed E-state index contributed by atoms with van der Waals surface area (Å²) in [4.78, 5) is 0. The van der Waals surface area contributed by atoms with Crippen molar-refractivity contribution in [3.05, 3.63) is 0 Å². The van der Waals surface area contributed by atoms with Crippen molar-refractivity contribution in [1.29, 1.82) is 0 Å². The normalized spacial score (nSPS) is 24.0. The second-order valence-corrected chi connectivity index (χ2v) is 6.36. The van der Waals surface area contributed by atoms with Crippen LogP contribution in [-0.4, -0.2) is 29.9 Å². The van der Waals surface area contributed by atoms with E-state index in [0.717, 1.165) is 29.9 Å².